The van der Waals surface area contributed by atoms with Crippen LogP contribution in [0, 0.1) is 0 Å². The van der Waals surface area contributed by atoms with E-state index in [0.29, 0.717) is 17.8 Å². The smallest absolute Gasteiger partial charge is 0.280 e. The molecule has 0 bridgehead atoms. The molecule has 0 radical (unpaired) electrons. The normalized spacial score (nSPS) is 11.8. The quantitative estimate of drug-likeness (QED) is 0.585. The van der Waals surface area contributed by atoms with Crippen LogP contribution in [-0.4, -0.2) is 40.5 Å². The summed E-state index contributed by atoms with van der Waals surface area (Å²) in [6.07, 6.45) is -0.122. The first-order valence-electron chi connectivity index (χ1n) is 9.39. The van der Waals surface area contributed by atoms with Crippen LogP contribution in [0.3, 0.4) is 0 Å². The molecule has 0 saturated carbocycles. The summed E-state index contributed by atoms with van der Waals surface area (Å²) >= 11 is 0. The van der Waals surface area contributed by atoms with Crippen molar-refractivity contribution >= 4 is 22.6 Å². The van der Waals surface area contributed by atoms with Gasteiger partial charge in [-0.05, 0) is 38.5 Å². The van der Waals surface area contributed by atoms with Gasteiger partial charge in [-0.3, -0.25) is 9.48 Å². The van der Waals surface area contributed by atoms with Crippen LogP contribution in [0.4, 0.5) is 14.6 Å². The number of methoxy groups -OCH3 is 2. The molecule has 9 heteroatoms. The van der Waals surface area contributed by atoms with Crippen molar-refractivity contribution in [1.29, 1.82) is 0 Å². The summed E-state index contributed by atoms with van der Waals surface area (Å²) in [7, 11) is 3.12. The standard InChI is InChI=1S/C21H24F2N4O3/c1-21(2,30-4)8-9-27-12-13-10-14(17(29-3)11-16(13)26-27)20(28)25-18-7-5-6-15(24-18)19(22)23/h5-7,10-12,19H,8-9H2,1-4H3,(H,24,25,28). The molecule has 3 rings (SSSR count). The molecule has 7 nitrogen and oxygen atoms in total. The van der Waals surface area contributed by atoms with Gasteiger partial charge in [-0.2, -0.15) is 5.10 Å². The van der Waals surface area contributed by atoms with Crippen LogP contribution in [0.25, 0.3) is 10.9 Å². The van der Waals surface area contributed by atoms with Crippen LogP contribution >= 0.6 is 0 Å². The molecular formula is C21H24F2N4O3. The van der Waals surface area contributed by atoms with Crippen molar-refractivity contribution in [2.45, 2.75) is 38.8 Å². The highest BCUT2D eigenvalue weighted by atomic mass is 19.3. The lowest BCUT2D eigenvalue weighted by Gasteiger charge is -2.22. The fraction of sp³-hybridized carbons (Fsp3) is 0.381. The van der Waals surface area contributed by atoms with E-state index in [9.17, 15) is 13.6 Å². The Labute approximate surface area is 173 Å². The number of pyridine rings is 1. The van der Waals surface area contributed by atoms with E-state index >= 15 is 0 Å². The molecule has 2 heterocycles. The van der Waals surface area contributed by atoms with Crippen molar-refractivity contribution in [2.24, 2.45) is 0 Å². The minimum Gasteiger partial charge on any atom is -0.496 e. The van der Waals surface area contributed by atoms with Gasteiger partial charge in [0.2, 0.25) is 0 Å². The second kappa shape index (κ2) is 8.74. The third-order valence-electron chi connectivity index (χ3n) is 4.85. The molecule has 30 heavy (non-hydrogen) atoms. The number of carbonyl (C=O) groups is 1. The predicted molar refractivity (Wildman–Crippen MR) is 109 cm³/mol. The van der Waals surface area contributed by atoms with Gasteiger partial charge in [-0.25, -0.2) is 13.8 Å². The Hall–Kier alpha value is -3.07. The summed E-state index contributed by atoms with van der Waals surface area (Å²) in [5.41, 5.74) is 0.249. The van der Waals surface area contributed by atoms with Crippen LogP contribution < -0.4 is 10.1 Å². The summed E-state index contributed by atoms with van der Waals surface area (Å²) in [4.78, 5) is 16.5. The van der Waals surface area contributed by atoms with Crippen molar-refractivity contribution in [3.05, 3.63) is 47.8 Å². The van der Waals surface area contributed by atoms with Crippen molar-refractivity contribution in [2.75, 3.05) is 19.5 Å². The maximum absolute atomic E-state index is 12.8. The van der Waals surface area contributed by atoms with Gasteiger partial charge in [0, 0.05) is 31.3 Å². The monoisotopic (exact) mass is 418 g/mol. The van der Waals surface area contributed by atoms with Gasteiger partial charge in [0.05, 0.1) is 23.8 Å². The zero-order valence-corrected chi connectivity index (χ0v) is 17.3. The summed E-state index contributed by atoms with van der Waals surface area (Å²) < 4.78 is 38.3. The maximum atomic E-state index is 12.8. The molecule has 160 valence electrons. The minimum absolute atomic E-state index is 0.0393. The van der Waals surface area contributed by atoms with Gasteiger partial charge in [0.1, 0.15) is 17.3 Å². The molecule has 0 unspecified atom stereocenters. The van der Waals surface area contributed by atoms with Gasteiger partial charge in [-0.15, -0.1) is 0 Å². The Morgan fingerprint density at radius 2 is 2.03 bits per heavy atom. The van der Waals surface area contributed by atoms with Crippen LogP contribution in [-0.2, 0) is 11.3 Å². The molecule has 3 aromatic rings. The third kappa shape index (κ3) is 4.91. The van der Waals surface area contributed by atoms with E-state index in [4.69, 9.17) is 9.47 Å². The SMILES string of the molecule is COc1cc2nn(CCC(C)(C)OC)cc2cc1C(=O)Nc1cccc(C(F)F)n1. The van der Waals surface area contributed by atoms with E-state index in [1.807, 2.05) is 20.0 Å². The molecule has 1 aromatic carbocycles. The fourth-order valence-corrected chi connectivity index (χ4v) is 2.88. The fourth-order valence-electron chi connectivity index (χ4n) is 2.88. The number of aryl methyl sites for hydroxylation is 1. The van der Waals surface area contributed by atoms with Crippen molar-refractivity contribution in [3.63, 3.8) is 0 Å². The number of carbonyl (C=O) groups excluding carboxylic acids is 1. The molecular weight excluding hydrogens is 394 g/mol. The number of hydrogen-bond acceptors (Lipinski definition) is 5. The number of amides is 1. The average molecular weight is 418 g/mol. The number of ether oxygens (including phenoxy) is 2. The summed E-state index contributed by atoms with van der Waals surface area (Å²) in [5, 5.41) is 7.83. The van der Waals surface area contributed by atoms with E-state index in [1.165, 1.54) is 25.3 Å². The number of anilines is 1. The average Bonchev–Trinajstić information content (AvgIpc) is 3.13. The van der Waals surface area contributed by atoms with Crippen molar-refractivity contribution in [1.82, 2.24) is 14.8 Å². The van der Waals surface area contributed by atoms with Gasteiger partial charge in [0.25, 0.3) is 12.3 Å². The topological polar surface area (TPSA) is 78.3 Å². The number of halogens is 2. The van der Waals surface area contributed by atoms with E-state index in [-0.39, 0.29) is 17.0 Å². The number of hydrogen-bond donors (Lipinski definition) is 1. The molecule has 0 aliphatic heterocycles. The van der Waals surface area contributed by atoms with E-state index in [1.54, 1.807) is 23.9 Å². The molecule has 2 aromatic heterocycles. The summed E-state index contributed by atoms with van der Waals surface area (Å²) in [5.74, 6) is -0.147. The molecule has 0 aliphatic rings. The lowest BCUT2D eigenvalue weighted by atomic mass is 10.1. The van der Waals surface area contributed by atoms with Gasteiger partial charge in [0.15, 0.2) is 0 Å². The van der Waals surface area contributed by atoms with Gasteiger partial charge in [-0.1, -0.05) is 6.07 Å². The van der Waals surface area contributed by atoms with Crippen LogP contribution in [0.1, 0.15) is 42.7 Å². The van der Waals surface area contributed by atoms with Gasteiger partial charge < -0.3 is 14.8 Å². The largest absolute Gasteiger partial charge is 0.496 e. The Bertz CT molecular complexity index is 1050. The molecule has 1 amide bonds. The van der Waals surface area contributed by atoms with Crippen LogP contribution in [0.2, 0.25) is 0 Å². The number of nitrogens with one attached hydrogen (secondary N) is 1. The Balaban J connectivity index is 1.85. The lowest BCUT2D eigenvalue weighted by Crippen LogP contribution is -2.24. The second-order valence-electron chi connectivity index (χ2n) is 7.42. The number of benzene rings is 1. The molecule has 0 fully saturated rings. The van der Waals surface area contributed by atoms with Crippen molar-refractivity contribution < 1.29 is 23.0 Å². The highest BCUT2D eigenvalue weighted by Gasteiger charge is 2.19. The highest BCUT2D eigenvalue weighted by molar-refractivity contribution is 6.08. The predicted octanol–water partition coefficient (Wildman–Crippen LogP) is 4.44. The molecule has 1 N–H and O–H groups in total. The highest BCUT2D eigenvalue weighted by Crippen LogP contribution is 2.27. The minimum atomic E-state index is -2.72. The van der Waals surface area contributed by atoms with Crippen molar-refractivity contribution in [3.8, 4) is 5.75 Å². The zero-order valence-electron chi connectivity index (χ0n) is 17.3. The molecule has 0 saturated heterocycles. The molecule has 0 aliphatic carbocycles. The maximum Gasteiger partial charge on any atom is 0.280 e. The number of rotatable bonds is 8. The van der Waals surface area contributed by atoms with Crippen LogP contribution in [0.5, 0.6) is 5.75 Å². The number of nitrogens with zero attached hydrogens (tertiary/aromatic N) is 3. The first-order chi connectivity index (χ1) is 14.2. The number of alkyl halides is 2. The third-order valence-corrected chi connectivity index (χ3v) is 4.85. The first-order valence-corrected chi connectivity index (χ1v) is 9.39. The van der Waals surface area contributed by atoms with E-state index in [0.717, 1.165) is 11.8 Å². The molecule has 0 atom stereocenters. The second-order valence-corrected chi connectivity index (χ2v) is 7.42. The van der Waals surface area contributed by atoms with Crippen LogP contribution in [0.15, 0.2) is 36.5 Å². The van der Waals surface area contributed by atoms with Gasteiger partial charge >= 0.3 is 0 Å². The zero-order chi connectivity index (χ0) is 21.9. The Morgan fingerprint density at radius 1 is 1.27 bits per heavy atom. The first kappa shape index (κ1) is 21.6. The number of fused-ring (bicyclic) bond motifs is 1. The molecule has 0 spiro atoms. The van der Waals surface area contributed by atoms with E-state index in [2.05, 4.69) is 15.4 Å². The van der Waals surface area contributed by atoms with E-state index < -0.39 is 18.0 Å². The Morgan fingerprint density at radius 3 is 2.70 bits per heavy atom. The summed E-state index contributed by atoms with van der Waals surface area (Å²) in [6.45, 7) is 4.64. The lowest BCUT2D eigenvalue weighted by molar-refractivity contribution is 0.0113. The summed E-state index contributed by atoms with van der Waals surface area (Å²) in [6, 6.07) is 7.39. The number of aromatic nitrogens is 3. The Kier molecular flexibility index (Phi) is 6.31.